The molecule has 3 rings (SSSR count). The van der Waals surface area contributed by atoms with E-state index in [1.54, 1.807) is 6.20 Å². The molecule has 0 aliphatic carbocycles. The maximum absolute atomic E-state index is 13.1. The third-order valence-electron chi connectivity index (χ3n) is 10.5. The molecule has 1 aromatic rings. The van der Waals surface area contributed by atoms with Crippen LogP contribution in [0.2, 0.25) is 0 Å². The van der Waals surface area contributed by atoms with Gasteiger partial charge in [0.15, 0.2) is 5.82 Å². The molecule has 0 radical (unpaired) electrons. The molecule has 3 unspecified atom stereocenters. The molecular formula is C41H74N4O6S. The van der Waals surface area contributed by atoms with Crippen LogP contribution in [0.4, 0.5) is 5.82 Å². The molecule has 11 heteroatoms. The Bertz CT molecular complexity index is 1070. The van der Waals surface area contributed by atoms with Gasteiger partial charge in [-0.15, -0.1) is 0 Å². The third-order valence-corrected chi connectivity index (χ3v) is 12.0. The summed E-state index contributed by atoms with van der Waals surface area (Å²) in [6.07, 6.45) is 27.0. The van der Waals surface area contributed by atoms with E-state index in [0.29, 0.717) is 63.1 Å². The lowest BCUT2D eigenvalue weighted by Crippen LogP contribution is -2.64. The summed E-state index contributed by atoms with van der Waals surface area (Å²) in [6.45, 7) is 9.26. The lowest BCUT2D eigenvalue weighted by molar-refractivity contribution is -0.216. The number of carboxylic acids is 1. The molecule has 0 bridgehead atoms. The summed E-state index contributed by atoms with van der Waals surface area (Å²) in [5, 5.41) is 10.8. The smallest absolute Gasteiger partial charge is 0.303 e. The van der Waals surface area contributed by atoms with E-state index in [0.717, 1.165) is 38.9 Å². The van der Waals surface area contributed by atoms with Crippen molar-refractivity contribution in [1.82, 2.24) is 14.8 Å². The van der Waals surface area contributed by atoms with Gasteiger partial charge in [0.05, 0.1) is 25.6 Å². The van der Waals surface area contributed by atoms with Crippen LogP contribution in [0.1, 0.15) is 155 Å². The van der Waals surface area contributed by atoms with Gasteiger partial charge in [-0.05, 0) is 44.4 Å². The number of aromatic nitrogens is 1. The Labute approximate surface area is 319 Å². The number of ether oxygens (including phenoxy) is 2. The van der Waals surface area contributed by atoms with Crippen LogP contribution in [-0.4, -0.2) is 99.7 Å². The minimum Gasteiger partial charge on any atom is -0.481 e. The van der Waals surface area contributed by atoms with Crippen molar-refractivity contribution in [1.29, 1.82) is 0 Å². The van der Waals surface area contributed by atoms with Gasteiger partial charge < -0.3 is 14.6 Å². The normalized spacial score (nSPS) is 22.2. The fourth-order valence-electron chi connectivity index (χ4n) is 7.41. The van der Waals surface area contributed by atoms with Gasteiger partial charge in [0, 0.05) is 55.3 Å². The Hall–Kier alpha value is -1.63. The van der Waals surface area contributed by atoms with E-state index in [2.05, 4.69) is 23.6 Å². The number of carboxylic acid groups (broad SMARTS) is 1. The van der Waals surface area contributed by atoms with Gasteiger partial charge in [-0.25, -0.2) is 9.88 Å². The maximum atomic E-state index is 13.1. The summed E-state index contributed by atoms with van der Waals surface area (Å²) in [5.41, 5.74) is 0. The molecule has 2 aliphatic heterocycles. The van der Waals surface area contributed by atoms with E-state index in [9.17, 15) is 9.00 Å². The summed E-state index contributed by atoms with van der Waals surface area (Å²) < 4.78 is 26.1. The molecule has 10 nitrogen and oxygen atoms in total. The molecule has 2 fully saturated rings. The van der Waals surface area contributed by atoms with E-state index in [1.807, 2.05) is 23.3 Å². The second kappa shape index (κ2) is 27.9. The molecule has 52 heavy (non-hydrogen) atoms. The standard InChI is InChI=1S/C41H74N4O6S/c1-3-5-6-7-8-9-10-11-12-13-14-15-16-17-18-24-32-49-35-38-36-52(48)34-25-33-50-41(4-2,45(51-38)39-26-21-22-28-42-39)44-31-30-43(37-44)29-23-19-20-27-40(46)47/h21-22,26,28,38H,3-20,23-25,27,29-37H2,1-2H3,(H,46,47). The zero-order valence-electron chi connectivity index (χ0n) is 33.0. The number of carbonyl (C=O) groups is 1. The van der Waals surface area contributed by atoms with Crippen LogP contribution >= 0.6 is 0 Å². The van der Waals surface area contributed by atoms with Crippen LogP contribution in [-0.2, 0) is 29.9 Å². The zero-order valence-corrected chi connectivity index (χ0v) is 33.8. The Morgan fingerprint density at radius 2 is 1.56 bits per heavy atom. The maximum Gasteiger partial charge on any atom is 0.303 e. The van der Waals surface area contributed by atoms with Crippen molar-refractivity contribution >= 4 is 22.6 Å². The van der Waals surface area contributed by atoms with Gasteiger partial charge in [-0.1, -0.05) is 123 Å². The number of anilines is 1. The van der Waals surface area contributed by atoms with Crippen LogP contribution in [0.25, 0.3) is 0 Å². The molecule has 2 saturated heterocycles. The number of hydroxylamine groups is 1. The largest absolute Gasteiger partial charge is 0.481 e. The van der Waals surface area contributed by atoms with E-state index < -0.39 is 28.7 Å². The Morgan fingerprint density at radius 3 is 2.17 bits per heavy atom. The SMILES string of the molecule is CCCCCCCCCCCCCCCCCCOCC1CS(=O)CCCOC(CC)(N2CCN(CCCCCC(=O)O)C2)N(c2ccccn2)O1. The van der Waals surface area contributed by atoms with Gasteiger partial charge >= 0.3 is 5.97 Å². The highest BCUT2D eigenvalue weighted by molar-refractivity contribution is 7.85. The van der Waals surface area contributed by atoms with Gasteiger partial charge in [0.2, 0.25) is 5.85 Å². The highest BCUT2D eigenvalue weighted by Crippen LogP contribution is 2.34. The molecule has 0 spiro atoms. The summed E-state index contributed by atoms with van der Waals surface area (Å²) in [5.74, 6) is 0.0191. The second-order valence-corrected chi connectivity index (χ2v) is 16.5. The lowest BCUT2D eigenvalue weighted by atomic mass is 10.0. The van der Waals surface area contributed by atoms with Crippen molar-refractivity contribution in [3.63, 3.8) is 0 Å². The van der Waals surface area contributed by atoms with Crippen LogP contribution < -0.4 is 5.06 Å². The van der Waals surface area contributed by atoms with Crippen molar-refractivity contribution in [2.75, 3.05) is 62.7 Å². The summed E-state index contributed by atoms with van der Waals surface area (Å²) in [7, 11) is -1.04. The lowest BCUT2D eigenvalue weighted by Gasteiger charge is -2.48. The third kappa shape index (κ3) is 17.7. The number of hydrogen-bond acceptors (Lipinski definition) is 9. The van der Waals surface area contributed by atoms with Gasteiger partial charge in [-0.3, -0.25) is 18.7 Å². The first-order valence-electron chi connectivity index (χ1n) is 21.1. The van der Waals surface area contributed by atoms with Gasteiger partial charge in [0.25, 0.3) is 0 Å². The number of hydrogen-bond donors (Lipinski definition) is 1. The minimum atomic E-state index is -1.04. The molecule has 0 amide bonds. The average molecular weight is 751 g/mol. The first kappa shape index (κ1) is 44.8. The van der Waals surface area contributed by atoms with Crippen molar-refractivity contribution in [3.05, 3.63) is 24.4 Å². The van der Waals surface area contributed by atoms with Crippen LogP contribution in [0, 0.1) is 0 Å². The van der Waals surface area contributed by atoms with Crippen molar-refractivity contribution in [2.24, 2.45) is 0 Å². The highest BCUT2D eigenvalue weighted by Gasteiger charge is 2.48. The Kier molecular flexibility index (Phi) is 24.0. The van der Waals surface area contributed by atoms with Gasteiger partial charge in [-0.2, -0.15) is 5.06 Å². The molecule has 3 atom stereocenters. The van der Waals surface area contributed by atoms with Crippen LogP contribution in [0.3, 0.4) is 0 Å². The average Bonchev–Trinajstić information content (AvgIpc) is 3.63. The molecule has 0 aromatic carbocycles. The van der Waals surface area contributed by atoms with Crippen LogP contribution in [0.15, 0.2) is 24.4 Å². The van der Waals surface area contributed by atoms with E-state index in [4.69, 9.17) is 24.4 Å². The Morgan fingerprint density at radius 1 is 0.904 bits per heavy atom. The monoisotopic (exact) mass is 751 g/mol. The van der Waals surface area contributed by atoms with E-state index in [-0.39, 0.29) is 6.42 Å². The molecule has 2 aliphatic rings. The van der Waals surface area contributed by atoms with Crippen molar-refractivity contribution < 1.29 is 28.4 Å². The predicted molar refractivity (Wildman–Crippen MR) is 213 cm³/mol. The number of nitrogens with zero attached hydrogens (tertiary/aromatic N) is 4. The molecule has 0 saturated carbocycles. The number of rotatable bonds is 28. The summed E-state index contributed by atoms with van der Waals surface area (Å²) >= 11 is 0. The first-order valence-corrected chi connectivity index (χ1v) is 22.6. The molecule has 300 valence electrons. The molecular weight excluding hydrogens is 677 g/mol. The molecule has 3 heterocycles. The van der Waals surface area contributed by atoms with Crippen molar-refractivity contribution in [2.45, 2.75) is 167 Å². The first-order chi connectivity index (χ1) is 25.5. The zero-order chi connectivity index (χ0) is 37.1. The number of pyridine rings is 1. The fourth-order valence-corrected chi connectivity index (χ4v) is 8.59. The Balaban J connectivity index is 1.45. The summed E-state index contributed by atoms with van der Waals surface area (Å²) in [4.78, 5) is 27.2. The van der Waals surface area contributed by atoms with Crippen molar-refractivity contribution in [3.8, 4) is 0 Å². The van der Waals surface area contributed by atoms with E-state index in [1.165, 1.54) is 96.3 Å². The summed E-state index contributed by atoms with van der Waals surface area (Å²) in [6, 6.07) is 5.80. The second-order valence-electron chi connectivity index (χ2n) is 14.9. The van der Waals surface area contributed by atoms with Gasteiger partial charge in [0.1, 0.15) is 6.10 Å². The number of unbranched alkanes of at least 4 members (excludes halogenated alkanes) is 17. The topological polar surface area (TPSA) is 105 Å². The van der Waals surface area contributed by atoms with Crippen LogP contribution in [0.5, 0.6) is 0 Å². The molecule has 1 aromatic heterocycles. The minimum absolute atomic E-state index is 0.227. The number of aliphatic carboxylic acids is 1. The van der Waals surface area contributed by atoms with E-state index >= 15 is 0 Å². The fraction of sp³-hybridized carbons (Fsp3) is 0.854. The quantitative estimate of drug-likeness (QED) is 0.0835. The highest BCUT2D eigenvalue weighted by atomic mass is 32.2. The molecule has 1 N–H and O–H groups in total. The predicted octanol–water partition coefficient (Wildman–Crippen LogP) is 8.92.